The Kier molecular flexibility index (Phi) is 8.65. The van der Waals surface area contributed by atoms with E-state index in [0.29, 0.717) is 9.20 Å². The van der Waals surface area contributed by atoms with Crippen LogP contribution in [0.2, 0.25) is 0 Å². The molecule has 34 heavy (non-hydrogen) atoms. The molecule has 3 amide bonds. The van der Waals surface area contributed by atoms with E-state index in [2.05, 4.69) is 26.6 Å². The van der Waals surface area contributed by atoms with Gasteiger partial charge in [0.05, 0.1) is 4.53 Å². The van der Waals surface area contributed by atoms with Crippen molar-refractivity contribution >= 4 is 57.1 Å². The van der Waals surface area contributed by atoms with E-state index in [0.717, 1.165) is 53.5 Å². The third kappa shape index (κ3) is 7.24. The van der Waals surface area contributed by atoms with Gasteiger partial charge < -0.3 is 5.32 Å². The number of carbonyl (C=O) groups excluding carboxylic acids is 3. The fraction of sp³-hybridized carbons (Fsp3) is 0.440. The summed E-state index contributed by atoms with van der Waals surface area (Å²) in [7, 11) is 0. The Bertz CT molecular complexity index is 1230. The van der Waals surface area contributed by atoms with Crippen LogP contribution in [-0.4, -0.2) is 28.3 Å². The second-order valence-corrected chi connectivity index (χ2v) is 11.5. The lowest BCUT2D eigenvalue weighted by atomic mass is 9.91. The molecule has 0 saturated heterocycles. The highest BCUT2D eigenvalue weighted by molar-refractivity contribution is 9.10. The van der Waals surface area contributed by atoms with Crippen molar-refractivity contribution < 1.29 is 14.4 Å². The van der Waals surface area contributed by atoms with Crippen LogP contribution in [0.15, 0.2) is 33.5 Å². The Morgan fingerprint density at radius 3 is 2.38 bits per heavy atom. The maximum absolute atomic E-state index is 13.2. The number of rotatable bonds is 5. The molecule has 1 aliphatic carbocycles. The average Bonchev–Trinajstić information content (AvgIpc) is 3.04. The second kappa shape index (κ2) is 11.3. The summed E-state index contributed by atoms with van der Waals surface area (Å²) in [5.41, 5.74) is -0.204. The fourth-order valence-corrected chi connectivity index (χ4v) is 4.92. The maximum Gasteiger partial charge on any atom is 0.321 e. The smallest absolute Gasteiger partial charge is 0.321 e. The minimum Gasteiger partial charge on any atom is -0.335 e. The summed E-state index contributed by atoms with van der Waals surface area (Å²) < 4.78 is 2.94. The first-order valence-electron chi connectivity index (χ1n) is 11.4. The normalized spacial score (nSPS) is 15.9. The van der Waals surface area contributed by atoms with Crippen LogP contribution in [0.5, 0.6) is 0 Å². The molecule has 1 aromatic carbocycles. The number of aromatic nitrogens is 1. The molecular weight excluding hydrogens is 518 g/mol. The summed E-state index contributed by atoms with van der Waals surface area (Å²) in [5.74, 6) is -0.769. The molecule has 0 bridgehead atoms. The van der Waals surface area contributed by atoms with Crippen LogP contribution >= 0.6 is 27.3 Å². The molecule has 0 spiro atoms. The molecule has 0 atom stereocenters. The zero-order valence-electron chi connectivity index (χ0n) is 19.7. The summed E-state index contributed by atoms with van der Waals surface area (Å²) in [4.78, 5) is 50.7. The zero-order valence-corrected chi connectivity index (χ0v) is 22.1. The van der Waals surface area contributed by atoms with Gasteiger partial charge in [0.15, 0.2) is 5.78 Å². The number of imide groups is 1. The lowest BCUT2D eigenvalue weighted by Gasteiger charge is -2.22. The summed E-state index contributed by atoms with van der Waals surface area (Å²) >= 11 is 4.53. The Morgan fingerprint density at radius 2 is 1.76 bits per heavy atom. The van der Waals surface area contributed by atoms with Crippen molar-refractivity contribution in [3.05, 3.63) is 53.9 Å². The predicted octanol–water partition coefficient (Wildman–Crippen LogP) is 3.06. The summed E-state index contributed by atoms with van der Waals surface area (Å²) in [5, 5.41) is 5.15. The molecule has 0 unspecified atom stereocenters. The number of nitrogens with one attached hydrogen (secondary N) is 2. The Morgan fingerprint density at radius 1 is 1.12 bits per heavy atom. The van der Waals surface area contributed by atoms with E-state index in [9.17, 15) is 19.2 Å². The molecular formula is C25H30BrN3O4S. The number of urea groups is 1. The topological polar surface area (TPSA) is 97.3 Å². The van der Waals surface area contributed by atoms with Gasteiger partial charge >= 0.3 is 6.03 Å². The lowest BCUT2D eigenvalue weighted by molar-refractivity contribution is -0.121. The van der Waals surface area contributed by atoms with Gasteiger partial charge in [-0.2, -0.15) is 0 Å². The molecule has 2 N–H and O–H groups in total. The molecule has 3 rings (SSSR count). The van der Waals surface area contributed by atoms with Crippen molar-refractivity contribution in [2.24, 2.45) is 5.41 Å². The van der Waals surface area contributed by atoms with Gasteiger partial charge in [-0.3, -0.25) is 24.3 Å². The number of Topliss-reactive ketones (excluding diaryl/α,β-unsaturated/α-hetero) is 1. The average molecular weight is 549 g/mol. The number of nitrogens with zero attached hydrogens (tertiary/aromatic N) is 1. The predicted molar refractivity (Wildman–Crippen MR) is 138 cm³/mol. The third-order valence-corrected chi connectivity index (χ3v) is 7.18. The highest BCUT2D eigenvalue weighted by Gasteiger charge is 2.21. The fourth-order valence-electron chi connectivity index (χ4n) is 3.61. The highest BCUT2D eigenvalue weighted by Crippen LogP contribution is 2.17. The van der Waals surface area contributed by atoms with Crippen LogP contribution in [0.1, 0.15) is 58.4 Å². The van der Waals surface area contributed by atoms with Gasteiger partial charge in [-0.05, 0) is 36.6 Å². The zero-order chi connectivity index (χ0) is 24.9. The van der Waals surface area contributed by atoms with Crippen molar-refractivity contribution in [2.75, 3.05) is 0 Å². The molecule has 1 fully saturated rings. The standard InChI is InChI=1S/C25H30BrN3O4S/c1-25(2,3)20(30)14-22-29(15-21(31)28-24(33)27-18-7-5-4-6-8-18)23(32)19(34-22)13-16-9-11-17(26)12-10-16/h9-14,18H,4-8,15H2,1-3H3,(H2,27,28,31,33)/b19-13+,22-14-. The van der Waals surface area contributed by atoms with E-state index >= 15 is 0 Å². The quantitative estimate of drug-likeness (QED) is 0.601. The number of hydrogen-bond donors (Lipinski definition) is 2. The van der Waals surface area contributed by atoms with Gasteiger partial charge in [-0.15, -0.1) is 11.3 Å². The molecule has 182 valence electrons. The van der Waals surface area contributed by atoms with E-state index in [-0.39, 0.29) is 23.9 Å². The first kappa shape index (κ1) is 26.1. The van der Waals surface area contributed by atoms with E-state index in [4.69, 9.17) is 0 Å². The van der Waals surface area contributed by atoms with Gasteiger partial charge in [0.1, 0.15) is 11.2 Å². The molecule has 1 aliphatic rings. The van der Waals surface area contributed by atoms with E-state index in [1.54, 1.807) is 26.8 Å². The molecule has 2 aromatic rings. The molecule has 1 heterocycles. The largest absolute Gasteiger partial charge is 0.335 e. The molecule has 0 aliphatic heterocycles. The first-order valence-corrected chi connectivity index (χ1v) is 13.0. The van der Waals surface area contributed by atoms with Crippen molar-refractivity contribution in [1.82, 2.24) is 15.2 Å². The van der Waals surface area contributed by atoms with Crippen LogP contribution in [0.25, 0.3) is 12.2 Å². The van der Waals surface area contributed by atoms with Crippen LogP contribution in [-0.2, 0) is 16.1 Å². The number of hydrogen-bond acceptors (Lipinski definition) is 5. The maximum atomic E-state index is 13.2. The van der Waals surface area contributed by atoms with Crippen molar-refractivity contribution in [1.29, 1.82) is 0 Å². The molecule has 1 saturated carbocycles. The minimum atomic E-state index is -0.636. The number of ketones is 1. The number of benzene rings is 1. The Balaban J connectivity index is 1.88. The van der Waals surface area contributed by atoms with Gasteiger partial charge in [-0.25, -0.2) is 4.79 Å². The number of thiazole rings is 1. The second-order valence-electron chi connectivity index (χ2n) is 9.51. The summed E-state index contributed by atoms with van der Waals surface area (Å²) in [6.07, 6.45) is 8.20. The van der Waals surface area contributed by atoms with Crippen LogP contribution < -0.4 is 25.4 Å². The SMILES string of the molecule is CC(C)(C)C(=O)/C=c1\s/c(=C/c2ccc(Br)cc2)c(=O)n1CC(=O)NC(=O)NC1CCCCC1. The van der Waals surface area contributed by atoms with Gasteiger partial charge in [0.2, 0.25) is 5.91 Å². The van der Waals surface area contributed by atoms with Gasteiger partial charge in [-0.1, -0.05) is 68.1 Å². The third-order valence-electron chi connectivity index (χ3n) is 5.59. The van der Waals surface area contributed by atoms with E-state index in [1.165, 1.54) is 10.6 Å². The Labute approximate surface area is 211 Å². The molecule has 7 nitrogen and oxygen atoms in total. The van der Waals surface area contributed by atoms with Crippen molar-refractivity contribution in [3.8, 4) is 0 Å². The van der Waals surface area contributed by atoms with Crippen molar-refractivity contribution in [2.45, 2.75) is 65.5 Å². The number of amides is 3. The number of halogens is 1. The Hall–Kier alpha value is -2.52. The van der Waals surface area contributed by atoms with Crippen LogP contribution in [0.4, 0.5) is 4.79 Å². The molecule has 0 radical (unpaired) electrons. The monoisotopic (exact) mass is 547 g/mol. The molecule has 9 heteroatoms. The first-order chi connectivity index (χ1) is 16.0. The lowest BCUT2D eigenvalue weighted by Crippen LogP contribution is -2.47. The van der Waals surface area contributed by atoms with Crippen LogP contribution in [0, 0.1) is 5.41 Å². The van der Waals surface area contributed by atoms with Crippen LogP contribution in [0.3, 0.4) is 0 Å². The van der Waals surface area contributed by atoms with Gasteiger partial charge in [0.25, 0.3) is 5.56 Å². The van der Waals surface area contributed by atoms with Crippen molar-refractivity contribution in [3.63, 3.8) is 0 Å². The summed E-state index contributed by atoms with van der Waals surface area (Å²) in [6, 6.07) is 6.96. The van der Waals surface area contributed by atoms with E-state index < -0.39 is 17.4 Å². The van der Waals surface area contributed by atoms with Gasteiger partial charge in [0, 0.05) is 22.0 Å². The highest BCUT2D eigenvalue weighted by atomic mass is 79.9. The number of carbonyl (C=O) groups is 3. The molecule has 1 aromatic heterocycles. The summed E-state index contributed by atoms with van der Waals surface area (Å²) in [6.45, 7) is 5.02. The van der Waals surface area contributed by atoms with E-state index in [1.807, 2.05) is 24.3 Å². The minimum absolute atomic E-state index is 0.0610.